The lowest BCUT2D eigenvalue weighted by Crippen LogP contribution is -2.48. The third-order valence-electron chi connectivity index (χ3n) is 5.95. The van der Waals surface area contributed by atoms with Crippen LogP contribution >= 0.6 is 11.6 Å². The smallest absolute Gasteiger partial charge is 0.187 e. The summed E-state index contributed by atoms with van der Waals surface area (Å²) in [5.41, 5.74) is 4.33. The van der Waals surface area contributed by atoms with Crippen molar-refractivity contribution in [1.82, 2.24) is 4.90 Å². The Labute approximate surface area is 205 Å². The minimum atomic E-state index is -0.0785. The maximum atomic E-state index is 9.85. The standard InChI is InChI=1S/C27H25ClN4O2/c1-30-24-8-2-20(3-9-24)18-31-12-13-32(27(19-31)21-4-6-23(28)7-5-21)26-11-10-25(34-15-14-33)16-22(26)17-29/h2-11,16,27,33H,12-15,18-19H2/t27-/m0/s1. The molecule has 0 bridgehead atoms. The summed E-state index contributed by atoms with van der Waals surface area (Å²) in [6.45, 7) is 10.4. The predicted molar refractivity (Wildman–Crippen MR) is 133 cm³/mol. The van der Waals surface area contributed by atoms with Crippen LogP contribution in [0.4, 0.5) is 11.4 Å². The van der Waals surface area contributed by atoms with Gasteiger partial charge in [0.2, 0.25) is 0 Å². The van der Waals surface area contributed by atoms with E-state index in [9.17, 15) is 5.26 Å². The van der Waals surface area contributed by atoms with Gasteiger partial charge in [0, 0.05) is 31.2 Å². The molecule has 1 aliphatic rings. The zero-order valence-electron chi connectivity index (χ0n) is 18.7. The van der Waals surface area contributed by atoms with E-state index >= 15 is 0 Å². The number of ether oxygens (including phenoxy) is 1. The van der Waals surface area contributed by atoms with E-state index in [1.165, 1.54) is 5.56 Å². The molecule has 3 aromatic rings. The third-order valence-corrected chi connectivity index (χ3v) is 6.20. The maximum Gasteiger partial charge on any atom is 0.187 e. The molecule has 0 radical (unpaired) electrons. The first-order valence-corrected chi connectivity index (χ1v) is 11.5. The number of hydrogen-bond donors (Lipinski definition) is 1. The quantitative estimate of drug-likeness (QED) is 0.479. The number of aliphatic hydroxyl groups excluding tert-OH is 1. The number of benzene rings is 3. The van der Waals surface area contributed by atoms with E-state index in [1.807, 2.05) is 60.7 Å². The number of halogens is 1. The highest BCUT2D eigenvalue weighted by Crippen LogP contribution is 2.35. The van der Waals surface area contributed by atoms with Crippen molar-refractivity contribution in [3.8, 4) is 11.8 Å². The lowest BCUT2D eigenvalue weighted by Gasteiger charge is -2.43. The lowest BCUT2D eigenvalue weighted by atomic mass is 9.99. The summed E-state index contributed by atoms with van der Waals surface area (Å²) in [7, 11) is 0. The minimum absolute atomic E-state index is 0.0323. The number of rotatable bonds is 7. The molecule has 0 unspecified atom stereocenters. The molecule has 1 N–H and O–H groups in total. The van der Waals surface area contributed by atoms with Gasteiger partial charge in [0.25, 0.3) is 0 Å². The fourth-order valence-corrected chi connectivity index (χ4v) is 4.41. The Balaban J connectivity index is 1.61. The first-order chi connectivity index (χ1) is 16.6. The number of nitrogens with zero attached hydrogens (tertiary/aromatic N) is 4. The van der Waals surface area contributed by atoms with Crippen LogP contribution in [-0.2, 0) is 6.54 Å². The van der Waals surface area contributed by atoms with Crippen molar-refractivity contribution >= 4 is 23.0 Å². The van der Waals surface area contributed by atoms with Crippen LogP contribution in [0.15, 0.2) is 66.7 Å². The molecular formula is C27H25ClN4O2. The fraction of sp³-hybridized carbons (Fsp3) is 0.259. The number of aliphatic hydroxyl groups is 1. The monoisotopic (exact) mass is 472 g/mol. The summed E-state index contributed by atoms with van der Waals surface area (Å²) < 4.78 is 5.50. The normalized spacial score (nSPS) is 16.0. The molecule has 34 heavy (non-hydrogen) atoms. The summed E-state index contributed by atoms with van der Waals surface area (Å²) in [5, 5.41) is 19.6. The van der Waals surface area contributed by atoms with E-state index in [0.29, 0.717) is 22.0 Å². The van der Waals surface area contributed by atoms with Crippen LogP contribution < -0.4 is 9.64 Å². The van der Waals surface area contributed by atoms with Crippen molar-refractivity contribution in [1.29, 1.82) is 5.26 Å². The Hall–Kier alpha value is -3.55. The molecule has 4 rings (SSSR count). The van der Waals surface area contributed by atoms with Crippen molar-refractivity contribution in [2.75, 3.05) is 37.7 Å². The van der Waals surface area contributed by atoms with Crippen LogP contribution in [0.1, 0.15) is 22.7 Å². The van der Waals surface area contributed by atoms with Gasteiger partial charge in [-0.2, -0.15) is 5.26 Å². The van der Waals surface area contributed by atoms with Gasteiger partial charge in [-0.3, -0.25) is 4.90 Å². The van der Waals surface area contributed by atoms with E-state index in [-0.39, 0.29) is 19.3 Å². The number of piperazine rings is 1. The van der Waals surface area contributed by atoms with Crippen LogP contribution in [-0.4, -0.2) is 42.9 Å². The van der Waals surface area contributed by atoms with Crippen LogP contribution in [0, 0.1) is 17.9 Å². The zero-order chi connectivity index (χ0) is 23.9. The van der Waals surface area contributed by atoms with E-state index in [4.69, 9.17) is 28.0 Å². The Morgan fingerprint density at radius 2 is 1.85 bits per heavy atom. The van der Waals surface area contributed by atoms with E-state index in [1.54, 1.807) is 6.07 Å². The maximum absolute atomic E-state index is 9.85. The SMILES string of the molecule is [C-]#[N+]c1ccc(CN2CCN(c3ccc(OCCO)cc3C#N)[C@H](c3ccc(Cl)cc3)C2)cc1. The molecule has 0 saturated carbocycles. The Kier molecular flexibility index (Phi) is 7.67. The third kappa shape index (κ3) is 5.50. The highest BCUT2D eigenvalue weighted by Gasteiger charge is 2.30. The van der Waals surface area contributed by atoms with Crippen LogP contribution in [0.5, 0.6) is 5.75 Å². The fourth-order valence-electron chi connectivity index (χ4n) is 4.28. The second-order valence-corrected chi connectivity index (χ2v) is 8.57. The van der Waals surface area contributed by atoms with Crippen molar-refractivity contribution in [3.05, 3.63) is 99.9 Å². The van der Waals surface area contributed by atoms with Crippen molar-refractivity contribution < 1.29 is 9.84 Å². The topological polar surface area (TPSA) is 64.1 Å². The average molecular weight is 473 g/mol. The second-order valence-electron chi connectivity index (χ2n) is 8.14. The zero-order valence-corrected chi connectivity index (χ0v) is 19.4. The van der Waals surface area contributed by atoms with Gasteiger partial charge >= 0.3 is 0 Å². The summed E-state index contributed by atoms with van der Waals surface area (Å²) in [6, 6.07) is 23.4. The first-order valence-electron chi connectivity index (χ1n) is 11.1. The molecule has 3 aromatic carbocycles. The molecule has 7 heteroatoms. The van der Waals surface area contributed by atoms with E-state index < -0.39 is 0 Å². The predicted octanol–water partition coefficient (Wildman–Crippen LogP) is 5.20. The molecule has 1 saturated heterocycles. The second kappa shape index (κ2) is 11.0. The van der Waals surface area contributed by atoms with Crippen molar-refractivity contribution in [2.45, 2.75) is 12.6 Å². The van der Waals surface area contributed by atoms with Crippen LogP contribution in [0.25, 0.3) is 4.85 Å². The number of nitriles is 1. The van der Waals surface area contributed by atoms with Gasteiger partial charge in [0.1, 0.15) is 18.4 Å². The van der Waals surface area contributed by atoms with Crippen LogP contribution in [0.3, 0.4) is 0 Å². The van der Waals surface area contributed by atoms with E-state index in [0.717, 1.165) is 37.4 Å². The molecule has 1 aliphatic heterocycles. The number of hydrogen-bond acceptors (Lipinski definition) is 5. The van der Waals surface area contributed by atoms with Crippen molar-refractivity contribution in [2.24, 2.45) is 0 Å². The highest BCUT2D eigenvalue weighted by atomic mass is 35.5. The molecule has 6 nitrogen and oxygen atoms in total. The Morgan fingerprint density at radius 3 is 2.53 bits per heavy atom. The molecule has 0 spiro atoms. The highest BCUT2D eigenvalue weighted by molar-refractivity contribution is 6.30. The summed E-state index contributed by atoms with van der Waals surface area (Å²) in [6.07, 6.45) is 0. The van der Waals surface area contributed by atoms with Gasteiger partial charge in [-0.05, 0) is 41.5 Å². The molecule has 0 aromatic heterocycles. The largest absolute Gasteiger partial charge is 0.491 e. The van der Waals surface area contributed by atoms with Crippen molar-refractivity contribution in [3.63, 3.8) is 0 Å². The molecule has 1 atom stereocenters. The Bertz CT molecular complexity index is 1200. The molecular weight excluding hydrogens is 448 g/mol. The molecule has 172 valence electrons. The molecule has 1 fully saturated rings. The van der Waals surface area contributed by atoms with Gasteiger partial charge in [0.05, 0.1) is 30.5 Å². The Morgan fingerprint density at radius 1 is 1.09 bits per heavy atom. The summed E-state index contributed by atoms with van der Waals surface area (Å²) >= 11 is 6.15. The summed E-state index contributed by atoms with van der Waals surface area (Å²) in [5.74, 6) is 0.568. The van der Waals surface area contributed by atoms with Crippen LogP contribution in [0.2, 0.25) is 5.02 Å². The first kappa shape index (κ1) is 23.6. The van der Waals surface area contributed by atoms with Gasteiger partial charge in [-0.1, -0.05) is 48.0 Å². The lowest BCUT2D eigenvalue weighted by molar-refractivity contribution is 0.201. The van der Waals surface area contributed by atoms with E-state index in [2.05, 4.69) is 20.7 Å². The van der Waals surface area contributed by atoms with Gasteiger partial charge in [-0.15, -0.1) is 0 Å². The van der Waals surface area contributed by atoms with Gasteiger partial charge < -0.3 is 14.7 Å². The molecule has 1 heterocycles. The van der Waals surface area contributed by atoms with Gasteiger partial charge in [-0.25, -0.2) is 4.85 Å². The number of anilines is 1. The molecule has 0 aliphatic carbocycles. The van der Waals surface area contributed by atoms with Gasteiger partial charge in [0.15, 0.2) is 5.69 Å². The summed E-state index contributed by atoms with van der Waals surface area (Å²) in [4.78, 5) is 8.14. The minimum Gasteiger partial charge on any atom is -0.491 e. The average Bonchev–Trinajstić information content (AvgIpc) is 2.88. The molecule has 0 amide bonds.